The second-order valence-corrected chi connectivity index (χ2v) is 5.59. The van der Waals surface area contributed by atoms with Crippen molar-refractivity contribution in [1.29, 1.82) is 0 Å². The van der Waals surface area contributed by atoms with Gasteiger partial charge in [-0.3, -0.25) is 9.59 Å². The molecule has 0 aromatic heterocycles. The van der Waals surface area contributed by atoms with E-state index >= 15 is 0 Å². The van der Waals surface area contributed by atoms with Crippen molar-refractivity contribution in [2.75, 3.05) is 13.2 Å². The second-order valence-electron chi connectivity index (χ2n) is 5.59. The van der Waals surface area contributed by atoms with Crippen molar-refractivity contribution in [1.82, 2.24) is 0 Å². The van der Waals surface area contributed by atoms with Gasteiger partial charge in [0.2, 0.25) is 0 Å². The van der Waals surface area contributed by atoms with Crippen molar-refractivity contribution in [3.8, 4) is 0 Å². The van der Waals surface area contributed by atoms with E-state index in [4.69, 9.17) is 9.47 Å². The molecule has 0 fully saturated rings. The quantitative estimate of drug-likeness (QED) is 0.348. The monoisotopic (exact) mass is 320 g/mol. The molecule has 0 saturated carbocycles. The Balaban J connectivity index is 2.65. The predicted molar refractivity (Wildman–Crippen MR) is 90.2 cm³/mol. The van der Waals surface area contributed by atoms with Gasteiger partial charge in [0.25, 0.3) is 0 Å². The van der Waals surface area contributed by atoms with E-state index in [-0.39, 0.29) is 0 Å². The number of hydrogen-bond acceptors (Lipinski definition) is 4. The van der Waals surface area contributed by atoms with Gasteiger partial charge in [-0.25, -0.2) is 0 Å². The Morgan fingerprint density at radius 1 is 0.826 bits per heavy atom. The molecule has 0 radical (unpaired) electrons. The maximum atomic E-state index is 12.3. The van der Waals surface area contributed by atoms with E-state index in [1.54, 1.807) is 24.3 Å². The Labute approximate surface area is 139 Å². The highest BCUT2D eigenvalue weighted by molar-refractivity contribution is 6.00. The maximum Gasteiger partial charge on any atom is 0.324 e. The van der Waals surface area contributed by atoms with Crippen LogP contribution in [0.1, 0.15) is 63.9 Å². The number of carbonyl (C=O) groups excluding carboxylic acids is 2. The zero-order valence-electron chi connectivity index (χ0n) is 14.3. The molecular weight excluding hydrogens is 292 g/mol. The van der Waals surface area contributed by atoms with Crippen LogP contribution in [0, 0.1) is 0 Å². The number of benzene rings is 1. The minimum Gasteiger partial charge on any atom is -0.465 e. The molecule has 0 atom stereocenters. The van der Waals surface area contributed by atoms with Gasteiger partial charge in [0.05, 0.1) is 13.2 Å². The molecule has 0 aliphatic rings. The molecule has 1 aromatic carbocycles. The number of hydrogen-bond donors (Lipinski definition) is 0. The van der Waals surface area contributed by atoms with E-state index in [2.05, 4.69) is 13.8 Å². The predicted octanol–water partition coefficient (Wildman–Crippen LogP) is 4.24. The Morgan fingerprint density at radius 3 is 1.74 bits per heavy atom. The first-order chi connectivity index (χ1) is 11.2. The minimum absolute atomic E-state index is 0.346. The molecule has 0 aliphatic carbocycles. The van der Waals surface area contributed by atoms with Crippen LogP contribution in [0.5, 0.6) is 0 Å². The number of unbranched alkanes of at least 4 members (excludes halogenated alkanes) is 4. The summed E-state index contributed by atoms with van der Waals surface area (Å²) in [6.45, 7) is 4.86. The van der Waals surface area contributed by atoms with Crippen LogP contribution in [0.15, 0.2) is 30.3 Å². The summed E-state index contributed by atoms with van der Waals surface area (Å²) < 4.78 is 10.5. The fraction of sp³-hybridized carbons (Fsp3) is 0.579. The van der Waals surface area contributed by atoms with Crippen LogP contribution in [0.25, 0.3) is 0 Å². The normalized spacial score (nSPS) is 10.6. The van der Waals surface area contributed by atoms with Crippen LogP contribution >= 0.6 is 0 Å². The van der Waals surface area contributed by atoms with Crippen molar-refractivity contribution in [3.05, 3.63) is 35.9 Å². The van der Waals surface area contributed by atoms with Gasteiger partial charge in [-0.2, -0.15) is 0 Å². The van der Waals surface area contributed by atoms with E-state index in [9.17, 15) is 9.59 Å². The van der Waals surface area contributed by atoms with E-state index in [1.807, 2.05) is 6.07 Å². The molecule has 0 aliphatic heterocycles. The molecule has 4 heteroatoms. The van der Waals surface area contributed by atoms with Gasteiger partial charge in [-0.15, -0.1) is 0 Å². The highest BCUT2D eigenvalue weighted by Crippen LogP contribution is 2.20. The van der Waals surface area contributed by atoms with Gasteiger partial charge >= 0.3 is 11.9 Å². The van der Waals surface area contributed by atoms with Crippen LogP contribution < -0.4 is 0 Å². The second kappa shape index (κ2) is 11.7. The summed E-state index contributed by atoms with van der Waals surface area (Å²) in [7, 11) is 0. The van der Waals surface area contributed by atoms with Gasteiger partial charge in [0.1, 0.15) is 0 Å². The van der Waals surface area contributed by atoms with Crippen LogP contribution in [-0.2, 0) is 19.1 Å². The number of rotatable bonds is 11. The van der Waals surface area contributed by atoms with Gasteiger partial charge in [0, 0.05) is 0 Å². The number of esters is 2. The molecule has 23 heavy (non-hydrogen) atoms. The van der Waals surface area contributed by atoms with Crippen molar-refractivity contribution in [2.45, 2.75) is 58.3 Å². The summed E-state index contributed by atoms with van der Waals surface area (Å²) in [6.07, 6.45) is 5.75. The Morgan fingerprint density at radius 2 is 1.30 bits per heavy atom. The molecule has 0 saturated heterocycles. The summed E-state index contributed by atoms with van der Waals surface area (Å²) in [5, 5.41) is 0. The molecule has 0 N–H and O–H groups in total. The van der Waals surface area contributed by atoms with Crippen molar-refractivity contribution >= 4 is 11.9 Å². The summed E-state index contributed by atoms with van der Waals surface area (Å²) in [5.74, 6) is -2.03. The number of ether oxygens (including phenoxy) is 2. The maximum absolute atomic E-state index is 12.3. The molecule has 1 aromatic rings. The van der Waals surface area contributed by atoms with E-state index in [0.717, 1.165) is 38.5 Å². The SMILES string of the molecule is CCCCCOC(=O)C(C(=O)OCCCCC)c1ccccc1. The fourth-order valence-electron chi connectivity index (χ4n) is 2.23. The van der Waals surface area contributed by atoms with Crippen molar-refractivity contribution in [3.63, 3.8) is 0 Å². The van der Waals surface area contributed by atoms with E-state index < -0.39 is 17.9 Å². The lowest BCUT2D eigenvalue weighted by atomic mass is 9.99. The Bertz CT molecular complexity index is 432. The van der Waals surface area contributed by atoms with Gasteiger partial charge in [-0.05, 0) is 18.4 Å². The smallest absolute Gasteiger partial charge is 0.324 e. The lowest BCUT2D eigenvalue weighted by molar-refractivity contribution is -0.157. The van der Waals surface area contributed by atoms with Crippen LogP contribution in [0.4, 0.5) is 0 Å². The van der Waals surface area contributed by atoms with Crippen LogP contribution in [0.2, 0.25) is 0 Å². The van der Waals surface area contributed by atoms with Gasteiger partial charge < -0.3 is 9.47 Å². The van der Waals surface area contributed by atoms with Crippen LogP contribution in [-0.4, -0.2) is 25.2 Å². The molecular formula is C19H28O4. The zero-order valence-corrected chi connectivity index (χ0v) is 14.3. The highest BCUT2D eigenvalue weighted by Gasteiger charge is 2.31. The third-order valence-electron chi connectivity index (χ3n) is 3.59. The summed E-state index contributed by atoms with van der Waals surface area (Å²) in [4.78, 5) is 24.6. The molecule has 4 nitrogen and oxygen atoms in total. The topological polar surface area (TPSA) is 52.6 Å². The highest BCUT2D eigenvalue weighted by atomic mass is 16.6. The molecule has 0 heterocycles. The summed E-state index contributed by atoms with van der Waals surface area (Å²) >= 11 is 0. The molecule has 128 valence electrons. The van der Waals surface area contributed by atoms with E-state index in [1.165, 1.54) is 0 Å². The standard InChI is InChI=1S/C19H28O4/c1-3-5-10-14-22-18(20)17(16-12-8-7-9-13-16)19(21)23-15-11-6-4-2/h7-9,12-13,17H,3-6,10-11,14-15H2,1-2H3. The van der Waals surface area contributed by atoms with E-state index in [0.29, 0.717) is 18.8 Å². The van der Waals surface area contributed by atoms with Gasteiger partial charge in [-0.1, -0.05) is 69.9 Å². The first-order valence-electron chi connectivity index (χ1n) is 8.58. The third kappa shape index (κ3) is 7.31. The first-order valence-corrected chi connectivity index (χ1v) is 8.58. The minimum atomic E-state index is -0.987. The molecule has 0 bridgehead atoms. The zero-order chi connectivity index (χ0) is 16.9. The fourth-order valence-corrected chi connectivity index (χ4v) is 2.23. The average molecular weight is 320 g/mol. The summed E-state index contributed by atoms with van der Waals surface area (Å²) in [5.41, 5.74) is 0.619. The third-order valence-corrected chi connectivity index (χ3v) is 3.59. The molecule has 0 spiro atoms. The number of carbonyl (C=O) groups is 2. The van der Waals surface area contributed by atoms with Gasteiger partial charge in [0.15, 0.2) is 5.92 Å². The lowest BCUT2D eigenvalue weighted by Gasteiger charge is -2.15. The summed E-state index contributed by atoms with van der Waals surface area (Å²) in [6, 6.07) is 8.96. The first kappa shape index (κ1) is 19.2. The lowest BCUT2D eigenvalue weighted by Crippen LogP contribution is -2.26. The van der Waals surface area contributed by atoms with Crippen LogP contribution in [0.3, 0.4) is 0 Å². The largest absolute Gasteiger partial charge is 0.465 e. The van der Waals surface area contributed by atoms with Crippen molar-refractivity contribution < 1.29 is 19.1 Å². The van der Waals surface area contributed by atoms with Crippen molar-refractivity contribution in [2.24, 2.45) is 0 Å². The average Bonchev–Trinajstić information content (AvgIpc) is 2.57. The molecule has 0 amide bonds. The Kier molecular flexibility index (Phi) is 9.76. The Hall–Kier alpha value is -1.84. The molecule has 0 unspecified atom stereocenters. The molecule has 1 rings (SSSR count).